The van der Waals surface area contributed by atoms with Crippen LogP contribution in [0.5, 0.6) is 11.5 Å². The van der Waals surface area contributed by atoms with Crippen molar-refractivity contribution in [2.24, 2.45) is 0 Å². The van der Waals surface area contributed by atoms with Gasteiger partial charge in [-0.15, -0.1) is 0 Å². The van der Waals surface area contributed by atoms with Crippen LogP contribution in [0, 0.1) is 6.92 Å². The molecule has 1 unspecified atom stereocenters. The molecule has 7 nitrogen and oxygen atoms in total. The summed E-state index contributed by atoms with van der Waals surface area (Å²) in [5.41, 5.74) is 1.26. The van der Waals surface area contributed by atoms with Crippen LogP contribution in [0.1, 0.15) is 48.9 Å². The van der Waals surface area contributed by atoms with Gasteiger partial charge in [-0.3, -0.25) is 4.79 Å². The number of anilines is 2. The minimum atomic E-state index is -0.0132. The second-order valence-corrected chi connectivity index (χ2v) is 6.94. The molecule has 2 aliphatic rings. The van der Waals surface area contributed by atoms with E-state index in [4.69, 9.17) is 9.47 Å². The van der Waals surface area contributed by atoms with Gasteiger partial charge in [0.05, 0.1) is 0 Å². The number of fused-ring (bicyclic) bond motifs is 1. The third-order valence-corrected chi connectivity index (χ3v) is 5.06. The van der Waals surface area contributed by atoms with E-state index in [1.807, 2.05) is 23.1 Å². The van der Waals surface area contributed by atoms with Crippen molar-refractivity contribution in [1.29, 1.82) is 0 Å². The Morgan fingerprint density at radius 1 is 1.22 bits per heavy atom. The lowest BCUT2D eigenvalue weighted by Gasteiger charge is -2.35. The van der Waals surface area contributed by atoms with E-state index < -0.39 is 0 Å². The van der Waals surface area contributed by atoms with E-state index in [0.29, 0.717) is 29.1 Å². The molecule has 0 aliphatic carbocycles. The summed E-state index contributed by atoms with van der Waals surface area (Å²) in [5.74, 6) is 2.57. The lowest BCUT2D eigenvalue weighted by atomic mass is 9.99. The Kier molecular flexibility index (Phi) is 4.83. The SMILES string of the molecule is CCC1CCCCN1C(=O)c1cc(Nc2ccc3c(c2)OCO3)nc(C)n1. The molecule has 0 bridgehead atoms. The van der Waals surface area contributed by atoms with Crippen molar-refractivity contribution in [3.63, 3.8) is 0 Å². The highest BCUT2D eigenvalue weighted by molar-refractivity contribution is 5.93. The Morgan fingerprint density at radius 2 is 2.07 bits per heavy atom. The number of ether oxygens (including phenoxy) is 2. The molecule has 1 atom stereocenters. The summed E-state index contributed by atoms with van der Waals surface area (Å²) in [4.78, 5) is 23.8. The second kappa shape index (κ2) is 7.42. The third-order valence-electron chi connectivity index (χ3n) is 5.06. The van der Waals surface area contributed by atoms with E-state index >= 15 is 0 Å². The number of hydrogen-bond acceptors (Lipinski definition) is 6. The van der Waals surface area contributed by atoms with Crippen molar-refractivity contribution < 1.29 is 14.3 Å². The van der Waals surface area contributed by atoms with Gasteiger partial charge in [0.2, 0.25) is 6.79 Å². The first-order valence-electron chi connectivity index (χ1n) is 9.47. The molecule has 27 heavy (non-hydrogen) atoms. The van der Waals surface area contributed by atoms with Gasteiger partial charge in [0.25, 0.3) is 5.91 Å². The van der Waals surface area contributed by atoms with E-state index in [1.165, 1.54) is 6.42 Å². The normalized spacial score (nSPS) is 18.4. The first-order valence-corrected chi connectivity index (χ1v) is 9.47. The number of piperidine rings is 1. The van der Waals surface area contributed by atoms with Gasteiger partial charge in [-0.25, -0.2) is 9.97 Å². The summed E-state index contributed by atoms with van der Waals surface area (Å²) in [6.07, 6.45) is 4.27. The molecule has 1 aromatic heterocycles. The molecule has 2 aromatic rings. The van der Waals surface area contributed by atoms with Gasteiger partial charge in [0.15, 0.2) is 11.5 Å². The molecule has 0 spiro atoms. The Hall–Kier alpha value is -2.83. The zero-order chi connectivity index (χ0) is 18.8. The van der Waals surface area contributed by atoms with Gasteiger partial charge in [0, 0.05) is 30.4 Å². The number of amides is 1. The van der Waals surface area contributed by atoms with Crippen LogP contribution in [-0.2, 0) is 0 Å². The van der Waals surface area contributed by atoms with Gasteiger partial charge in [-0.2, -0.15) is 0 Å². The van der Waals surface area contributed by atoms with Gasteiger partial charge in [0.1, 0.15) is 17.3 Å². The maximum absolute atomic E-state index is 13.1. The largest absolute Gasteiger partial charge is 0.454 e. The number of nitrogens with zero attached hydrogens (tertiary/aromatic N) is 3. The number of rotatable bonds is 4. The van der Waals surface area contributed by atoms with Crippen molar-refractivity contribution in [3.8, 4) is 11.5 Å². The van der Waals surface area contributed by atoms with E-state index in [1.54, 1.807) is 13.0 Å². The fourth-order valence-electron chi connectivity index (χ4n) is 3.70. The molecule has 4 rings (SSSR count). The maximum atomic E-state index is 13.1. The standard InChI is InChI=1S/C20H24N4O3/c1-3-15-6-4-5-9-24(15)20(25)16-11-19(22-13(2)21-16)23-14-7-8-17-18(10-14)27-12-26-17/h7-8,10-11,15H,3-6,9,12H2,1-2H3,(H,21,22,23). The first-order chi connectivity index (χ1) is 13.1. The topological polar surface area (TPSA) is 76.6 Å². The molecular formula is C20H24N4O3. The van der Waals surface area contributed by atoms with Crippen LogP contribution in [0.25, 0.3) is 0 Å². The van der Waals surface area contributed by atoms with E-state index in [-0.39, 0.29) is 12.7 Å². The maximum Gasteiger partial charge on any atom is 0.272 e. The highest BCUT2D eigenvalue weighted by Gasteiger charge is 2.27. The molecule has 7 heteroatoms. The highest BCUT2D eigenvalue weighted by Crippen LogP contribution is 2.35. The summed E-state index contributed by atoms with van der Waals surface area (Å²) >= 11 is 0. The van der Waals surface area contributed by atoms with Crippen molar-refractivity contribution >= 4 is 17.4 Å². The first kappa shape index (κ1) is 17.6. The van der Waals surface area contributed by atoms with Gasteiger partial charge < -0.3 is 19.7 Å². The Labute approximate surface area is 158 Å². The zero-order valence-corrected chi connectivity index (χ0v) is 15.7. The van der Waals surface area contributed by atoms with E-state index in [9.17, 15) is 4.79 Å². The minimum Gasteiger partial charge on any atom is -0.454 e. The van der Waals surface area contributed by atoms with Crippen LogP contribution in [0.4, 0.5) is 11.5 Å². The summed E-state index contributed by atoms with van der Waals surface area (Å²) in [7, 11) is 0. The molecule has 0 radical (unpaired) electrons. The number of carbonyl (C=O) groups excluding carboxylic acids is 1. The monoisotopic (exact) mass is 368 g/mol. The van der Waals surface area contributed by atoms with Crippen molar-refractivity contribution in [2.45, 2.75) is 45.6 Å². The number of hydrogen-bond donors (Lipinski definition) is 1. The van der Waals surface area contributed by atoms with Crippen LogP contribution in [0.3, 0.4) is 0 Å². The molecule has 3 heterocycles. The summed E-state index contributed by atoms with van der Waals surface area (Å²) in [6, 6.07) is 7.63. The third kappa shape index (κ3) is 3.67. The van der Waals surface area contributed by atoms with Crippen molar-refractivity contribution in [3.05, 3.63) is 35.8 Å². The molecule has 2 aliphatic heterocycles. The number of aromatic nitrogens is 2. The molecule has 1 amide bonds. The smallest absolute Gasteiger partial charge is 0.272 e. The Bertz CT molecular complexity index is 855. The molecule has 1 aromatic carbocycles. The molecule has 0 saturated carbocycles. The number of carbonyl (C=O) groups is 1. The molecule has 1 N–H and O–H groups in total. The predicted molar refractivity (Wildman–Crippen MR) is 102 cm³/mol. The zero-order valence-electron chi connectivity index (χ0n) is 15.7. The lowest BCUT2D eigenvalue weighted by molar-refractivity contribution is 0.0601. The summed E-state index contributed by atoms with van der Waals surface area (Å²) in [5, 5.41) is 3.24. The van der Waals surface area contributed by atoms with Crippen LogP contribution in [-0.4, -0.2) is 40.2 Å². The second-order valence-electron chi connectivity index (χ2n) is 6.94. The molecule has 1 saturated heterocycles. The van der Waals surface area contributed by atoms with Gasteiger partial charge in [-0.05, 0) is 44.7 Å². The fraction of sp³-hybridized carbons (Fsp3) is 0.450. The van der Waals surface area contributed by atoms with E-state index in [2.05, 4.69) is 22.2 Å². The Balaban J connectivity index is 1.57. The van der Waals surface area contributed by atoms with Crippen molar-refractivity contribution in [1.82, 2.24) is 14.9 Å². The Morgan fingerprint density at radius 3 is 2.93 bits per heavy atom. The van der Waals surface area contributed by atoms with Crippen LogP contribution in [0.15, 0.2) is 24.3 Å². The number of likely N-dealkylation sites (tertiary alicyclic amines) is 1. The number of nitrogens with one attached hydrogen (secondary N) is 1. The van der Waals surface area contributed by atoms with Crippen LogP contribution in [0.2, 0.25) is 0 Å². The van der Waals surface area contributed by atoms with Gasteiger partial charge in [-0.1, -0.05) is 6.92 Å². The number of aryl methyl sites for hydroxylation is 1. The fourth-order valence-corrected chi connectivity index (χ4v) is 3.70. The predicted octanol–water partition coefficient (Wildman–Crippen LogP) is 3.66. The highest BCUT2D eigenvalue weighted by atomic mass is 16.7. The molecule has 1 fully saturated rings. The van der Waals surface area contributed by atoms with Crippen LogP contribution < -0.4 is 14.8 Å². The summed E-state index contributed by atoms with van der Waals surface area (Å²) < 4.78 is 10.7. The van der Waals surface area contributed by atoms with E-state index in [0.717, 1.165) is 37.2 Å². The average Bonchev–Trinajstić information content (AvgIpc) is 3.14. The molecular weight excluding hydrogens is 344 g/mol. The lowest BCUT2D eigenvalue weighted by Crippen LogP contribution is -2.43. The number of benzene rings is 1. The van der Waals surface area contributed by atoms with Crippen molar-refractivity contribution in [2.75, 3.05) is 18.7 Å². The average molecular weight is 368 g/mol. The minimum absolute atomic E-state index is 0.0132. The van der Waals surface area contributed by atoms with Crippen LogP contribution >= 0.6 is 0 Å². The van der Waals surface area contributed by atoms with Gasteiger partial charge >= 0.3 is 0 Å². The quantitative estimate of drug-likeness (QED) is 0.887. The molecule has 142 valence electrons. The summed E-state index contributed by atoms with van der Waals surface area (Å²) in [6.45, 7) is 4.97.